The molecule has 0 N–H and O–H groups in total. The van der Waals surface area contributed by atoms with Gasteiger partial charge in [0.2, 0.25) is 0 Å². The zero-order valence-corrected chi connectivity index (χ0v) is 13.1. The molecule has 1 aliphatic rings. The Morgan fingerprint density at radius 1 is 1.14 bits per heavy atom. The number of piperazine rings is 1. The van der Waals surface area contributed by atoms with Crippen molar-refractivity contribution < 1.29 is 9.21 Å². The van der Waals surface area contributed by atoms with Gasteiger partial charge in [-0.05, 0) is 19.1 Å². The van der Waals surface area contributed by atoms with Crippen LogP contribution in [0.2, 0.25) is 0 Å². The first-order valence-corrected chi connectivity index (χ1v) is 7.63. The second-order valence-electron chi connectivity index (χ2n) is 5.67. The Balaban J connectivity index is 1.56. The number of aryl methyl sites for hydroxylation is 2. The van der Waals surface area contributed by atoms with Gasteiger partial charge in [-0.1, -0.05) is 18.2 Å². The van der Waals surface area contributed by atoms with Gasteiger partial charge in [-0.2, -0.15) is 0 Å². The second-order valence-corrected chi connectivity index (χ2v) is 5.67. The topological polar surface area (TPSA) is 49.6 Å². The van der Waals surface area contributed by atoms with E-state index in [0.29, 0.717) is 5.89 Å². The van der Waals surface area contributed by atoms with Crippen molar-refractivity contribution in [2.45, 2.75) is 20.4 Å². The molecule has 5 heteroatoms. The van der Waals surface area contributed by atoms with E-state index in [1.54, 1.807) is 0 Å². The Morgan fingerprint density at radius 2 is 1.82 bits per heavy atom. The molecular formula is C17H21N3O2. The molecular weight excluding hydrogens is 278 g/mol. The lowest BCUT2D eigenvalue weighted by atomic mass is 10.2. The van der Waals surface area contributed by atoms with Gasteiger partial charge in [-0.25, -0.2) is 4.98 Å². The Bertz CT molecular complexity index is 643. The summed E-state index contributed by atoms with van der Waals surface area (Å²) in [6.45, 7) is 7.84. The van der Waals surface area contributed by atoms with Crippen LogP contribution in [-0.4, -0.2) is 46.9 Å². The maximum absolute atomic E-state index is 12.4. The van der Waals surface area contributed by atoms with Crippen molar-refractivity contribution >= 4 is 5.91 Å². The molecule has 0 aliphatic carbocycles. The number of rotatable bonds is 3. The Labute approximate surface area is 130 Å². The number of nitrogens with zero attached hydrogens (tertiary/aromatic N) is 3. The van der Waals surface area contributed by atoms with Gasteiger partial charge in [0.15, 0.2) is 5.89 Å². The fraction of sp³-hybridized carbons (Fsp3) is 0.412. The Kier molecular flexibility index (Phi) is 4.24. The van der Waals surface area contributed by atoms with Gasteiger partial charge in [0.05, 0.1) is 5.69 Å². The summed E-state index contributed by atoms with van der Waals surface area (Å²) >= 11 is 0. The summed E-state index contributed by atoms with van der Waals surface area (Å²) < 4.78 is 5.47. The third kappa shape index (κ3) is 3.20. The molecule has 1 aromatic heterocycles. The van der Waals surface area contributed by atoms with Crippen LogP contribution in [0.5, 0.6) is 0 Å². The van der Waals surface area contributed by atoms with E-state index in [1.807, 2.05) is 49.1 Å². The highest BCUT2D eigenvalue weighted by atomic mass is 16.4. The SMILES string of the molecule is Cc1nc(CN2CCN(C(=O)c3ccccc3)CC2)c(C)o1. The van der Waals surface area contributed by atoms with E-state index in [2.05, 4.69) is 9.88 Å². The number of carbonyl (C=O) groups excluding carboxylic acids is 1. The molecule has 0 atom stereocenters. The minimum Gasteiger partial charge on any atom is -0.446 e. The average molecular weight is 299 g/mol. The van der Waals surface area contributed by atoms with Crippen molar-refractivity contribution in [1.82, 2.24) is 14.8 Å². The van der Waals surface area contributed by atoms with Gasteiger partial charge in [0.1, 0.15) is 5.76 Å². The molecule has 1 amide bonds. The van der Waals surface area contributed by atoms with Crippen LogP contribution in [0.1, 0.15) is 27.7 Å². The summed E-state index contributed by atoms with van der Waals surface area (Å²) in [5.74, 6) is 1.72. The second kappa shape index (κ2) is 6.32. The van der Waals surface area contributed by atoms with E-state index >= 15 is 0 Å². The number of aromatic nitrogens is 1. The molecule has 0 spiro atoms. The normalized spacial score (nSPS) is 16.0. The van der Waals surface area contributed by atoms with Crippen molar-refractivity contribution in [3.05, 3.63) is 53.2 Å². The quantitative estimate of drug-likeness (QED) is 0.872. The average Bonchev–Trinajstić information content (AvgIpc) is 2.86. The first-order valence-electron chi connectivity index (χ1n) is 7.63. The largest absolute Gasteiger partial charge is 0.446 e. The van der Waals surface area contributed by atoms with E-state index in [-0.39, 0.29) is 5.91 Å². The van der Waals surface area contributed by atoms with Crippen molar-refractivity contribution in [3.8, 4) is 0 Å². The third-order valence-corrected chi connectivity index (χ3v) is 4.05. The smallest absolute Gasteiger partial charge is 0.253 e. The summed E-state index contributed by atoms with van der Waals surface area (Å²) in [6.07, 6.45) is 0. The number of oxazole rings is 1. The van der Waals surface area contributed by atoms with Gasteiger partial charge in [-0.15, -0.1) is 0 Å². The zero-order chi connectivity index (χ0) is 15.5. The summed E-state index contributed by atoms with van der Waals surface area (Å²) in [7, 11) is 0. The van der Waals surface area contributed by atoms with Crippen LogP contribution in [0, 0.1) is 13.8 Å². The molecule has 0 radical (unpaired) electrons. The van der Waals surface area contributed by atoms with Crippen LogP contribution >= 0.6 is 0 Å². The molecule has 0 saturated carbocycles. The molecule has 1 aliphatic heterocycles. The molecule has 5 nitrogen and oxygen atoms in total. The highest BCUT2D eigenvalue weighted by Gasteiger charge is 2.23. The van der Waals surface area contributed by atoms with Crippen molar-refractivity contribution in [2.24, 2.45) is 0 Å². The van der Waals surface area contributed by atoms with Gasteiger partial charge in [-0.3, -0.25) is 9.69 Å². The van der Waals surface area contributed by atoms with Crippen molar-refractivity contribution in [2.75, 3.05) is 26.2 Å². The van der Waals surface area contributed by atoms with E-state index in [1.165, 1.54) is 0 Å². The standard InChI is InChI=1S/C17H21N3O2/c1-13-16(18-14(2)22-13)12-19-8-10-20(11-9-19)17(21)15-6-4-3-5-7-15/h3-7H,8-12H2,1-2H3. The monoisotopic (exact) mass is 299 g/mol. The molecule has 1 saturated heterocycles. The van der Waals surface area contributed by atoms with Crippen LogP contribution in [0.15, 0.2) is 34.7 Å². The van der Waals surface area contributed by atoms with Crippen molar-refractivity contribution in [3.63, 3.8) is 0 Å². The van der Waals surface area contributed by atoms with Gasteiger partial charge >= 0.3 is 0 Å². The van der Waals surface area contributed by atoms with Crippen LogP contribution in [0.4, 0.5) is 0 Å². The lowest BCUT2D eigenvalue weighted by Crippen LogP contribution is -2.48. The first kappa shape index (κ1) is 14.8. The number of hydrogen-bond donors (Lipinski definition) is 0. The molecule has 2 heterocycles. The first-order chi connectivity index (χ1) is 10.6. The minimum atomic E-state index is 0.119. The molecule has 1 fully saturated rings. The molecule has 1 aromatic carbocycles. The van der Waals surface area contributed by atoms with E-state index in [4.69, 9.17) is 4.42 Å². The van der Waals surface area contributed by atoms with Gasteiger partial charge in [0, 0.05) is 45.2 Å². The van der Waals surface area contributed by atoms with Gasteiger partial charge in [0.25, 0.3) is 5.91 Å². The Morgan fingerprint density at radius 3 is 2.41 bits per heavy atom. The van der Waals surface area contributed by atoms with Gasteiger partial charge < -0.3 is 9.32 Å². The lowest BCUT2D eigenvalue weighted by molar-refractivity contribution is 0.0626. The number of benzene rings is 1. The van der Waals surface area contributed by atoms with E-state index in [0.717, 1.165) is 49.7 Å². The van der Waals surface area contributed by atoms with E-state index < -0.39 is 0 Å². The summed E-state index contributed by atoms with van der Waals surface area (Å²) in [5.41, 5.74) is 1.76. The summed E-state index contributed by atoms with van der Waals surface area (Å²) in [4.78, 5) is 21.1. The molecule has 0 unspecified atom stereocenters. The highest BCUT2D eigenvalue weighted by Crippen LogP contribution is 2.14. The molecule has 2 aromatic rings. The summed E-state index contributed by atoms with van der Waals surface area (Å²) in [5, 5.41) is 0. The number of carbonyl (C=O) groups is 1. The van der Waals surface area contributed by atoms with E-state index in [9.17, 15) is 4.79 Å². The van der Waals surface area contributed by atoms with Crippen LogP contribution in [0.25, 0.3) is 0 Å². The minimum absolute atomic E-state index is 0.119. The predicted octanol–water partition coefficient (Wildman–Crippen LogP) is 2.25. The van der Waals surface area contributed by atoms with Crippen LogP contribution < -0.4 is 0 Å². The molecule has 0 bridgehead atoms. The maximum atomic E-state index is 12.4. The van der Waals surface area contributed by atoms with Crippen LogP contribution in [-0.2, 0) is 6.54 Å². The zero-order valence-electron chi connectivity index (χ0n) is 13.1. The molecule has 116 valence electrons. The van der Waals surface area contributed by atoms with Crippen molar-refractivity contribution in [1.29, 1.82) is 0 Å². The molecule has 22 heavy (non-hydrogen) atoms. The lowest BCUT2D eigenvalue weighted by Gasteiger charge is -2.34. The number of amides is 1. The predicted molar refractivity (Wildman–Crippen MR) is 83.6 cm³/mol. The summed E-state index contributed by atoms with van der Waals surface area (Å²) in [6, 6.07) is 9.47. The Hall–Kier alpha value is -2.14. The van der Waals surface area contributed by atoms with Crippen LogP contribution in [0.3, 0.4) is 0 Å². The maximum Gasteiger partial charge on any atom is 0.253 e. The highest BCUT2D eigenvalue weighted by molar-refractivity contribution is 5.94. The number of hydrogen-bond acceptors (Lipinski definition) is 4. The fourth-order valence-electron chi connectivity index (χ4n) is 2.80. The third-order valence-electron chi connectivity index (χ3n) is 4.05. The fourth-order valence-corrected chi connectivity index (χ4v) is 2.80. The molecule has 3 rings (SSSR count).